The number of aliphatic hydroxyl groups is 1. The summed E-state index contributed by atoms with van der Waals surface area (Å²) < 4.78 is 27.0. The van der Waals surface area contributed by atoms with Crippen LogP contribution in [0, 0.1) is 0 Å². The van der Waals surface area contributed by atoms with Crippen LogP contribution in [0.2, 0.25) is 0 Å². The minimum Gasteiger partial charge on any atom is -0.392 e. The van der Waals surface area contributed by atoms with E-state index in [0.717, 1.165) is 0 Å². The quantitative estimate of drug-likeness (QED) is 0.727. The average molecular weight is 273 g/mol. The van der Waals surface area contributed by atoms with Crippen LogP contribution in [0.4, 0.5) is 0 Å². The summed E-state index contributed by atoms with van der Waals surface area (Å²) in [5.41, 5.74) is 5.27. The maximum Gasteiger partial charge on any atom is 0.265 e. The predicted octanol–water partition coefficient (Wildman–Crippen LogP) is -1.12. The molecule has 0 radical (unpaired) electrons. The summed E-state index contributed by atoms with van der Waals surface area (Å²) in [5, 5.41) is 9.37. The number of nitrogens with two attached hydrogens (primary N) is 1. The van der Waals surface area contributed by atoms with Gasteiger partial charge in [0.2, 0.25) is 10.0 Å². The number of carbonyl (C=O) groups excluding carboxylic acids is 1. The fourth-order valence-corrected chi connectivity index (χ4v) is 3.56. The Hall–Kier alpha value is -1.38. The first kappa shape index (κ1) is 13.1. The molecule has 1 amide bonds. The van der Waals surface area contributed by atoms with Crippen molar-refractivity contribution in [2.45, 2.75) is 17.4 Å². The number of aromatic nitrogens is 1. The smallest absolute Gasteiger partial charge is 0.265 e. The summed E-state index contributed by atoms with van der Waals surface area (Å²) in [4.78, 5) is 11.1. The second-order valence-corrected chi connectivity index (χ2v) is 6.28. The standard InChI is InChI=1S/C10H15N3O4S/c1-12-6-8(4-9(12)10(11)15)18(16,17)13-3-2-7(14)5-13/h4,6-7,14H,2-3,5H2,1H3,(H2,11,15)/t7-/m0/s1. The van der Waals surface area contributed by atoms with Gasteiger partial charge in [-0.2, -0.15) is 4.31 Å². The van der Waals surface area contributed by atoms with Crippen LogP contribution in [0.3, 0.4) is 0 Å². The molecule has 0 spiro atoms. The third-order valence-corrected chi connectivity index (χ3v) is 4.83. The Labute approximate surface area is 105 Å². The fourth-order valence-electron chi connectivity index (χ4n) is 2.00. The number of sulfonamides is 1. The Morgan fingerprint density at radius 3 is 2.67 bits per heavy atom. The average Bonchev–Trinajstić information content (AvgIpc) is 2.84. The molecule has 0 saturated carbocycles. The van der Waals surface area contributed by atoms with Gasteiger partial charge in [0.05, 0.1) is 6.10 Å². The monoisotopic (exact) mass is 273 g/mol. The molecule has 100 valence electrons. The van der Waals surface area contributed by atoms with Gasteiger partial charge >= 0.3 is 0 Å². The van der Waals surface area contributed by atoms with Crippen LogP contribution >= 0.6 is 0 Å². The Morgan fingerprint density at radius 1 is 1.56 bits per heavy atom. The van der Waals surface area contributed by atoms with E-state index in [1.165, 1.54) is 21.1 Å². The Bertz CT molecular complexity index is 578. The highest BCUT2D eigenvalue weighted by Gasteiger charge is 2.32. The van der Waals surface area contributed by atoms with Gasteiger partial charge in [0, 0.05) is 26.3 Å². The largest absolute Gasteiger partial charge is 0.392 e. The van der Waals surface area contributed by atoms with Gasteiger partial charge in [-0.3, -0.25) is 4.79 Å². The van der Waals surface area contributed by atoms with Crippen molar-refractivity contribution < 1.29 is 18.3 Å². The van der Waals surface area contributed by atoms with Crippen molar-refractivity contribution in [3.05, 3.63) is 18.0 Å². The number of amides is 1. The molecule has 0 aromatic carbocycles. The first-order chi connectivity index (χ1) is 8.32. The molecule has 2 rings (SSSR count). The van der Waals surface area contributed by atoms with E-state index in [9.17, 15) is 18.3 Å². The summed E-state index contributed by atoms with van der Waals surface area (Å²) in [6.07, 6.45) is 1.15. The number of hydrogen-bond donors (Lipinski definition) is 2. The molecular weight excluding hydrogens is 258 g/mol. The van der Waals surface area contributed by atoms with Crippen molar-refractivity contribution in [3.8, 4) is 0 Å². The molecule has 2 heterocycles. The van der Waals surface area contributed by atoms with Gasteiger partial charge in [-0.05, 0) is 12.5 Å². The maximum absolute atomic E-state index is 12.2. The van der Waals surface area contributed by atoms with Gasteiger partial charge in [-0.15, -0.1) is 0 Å². The molecule has 1 aliphatic rings. The van der Waals surface area contributed by atoms with E-state index in [0.29, 0.717) is 6.42 Å². The number of β-amino-alcohol motifs (C(OH)–C–C–N with tert-alkyl or cyclic N) is 1. The molecule has 3 N–H and O–H groups in total. The summed E-state index contributed by atoms with van der Waals surface area (Å²) >= 11 is 0. The van der Waals surface area contributed by atoms with E-state index < -0.39 is 22.0 Å². The molecule has 0 unspecified atom stereocenters. The van der Waals surface area contributed by atoms with Crippen molar-refractivity contribution in [2.24, 2.45) is 12.8 Å². The van der Waals surface area contributed by atoms with Gasteiger partial charge in [0.1, 0.15) is 10.6 Å². The van der Waals surface area contributed by atoms with E-state index in [1.807, 2.05) is 0 Å². The van der Waals surface area contributed by atoms with Crippen LogP contribution < -0.4 is 5.73 Å². The van der Waals surface area contributed by atoms with Gasteiger partial charge < -0.3 is 15.4 Å². The van der Waals surface area contributed by atoms with Gasteiger partial charge in [0.25, 0.3) is 5.91 Å². The lowest BCUT2D eigenvalue weighted by Crippen LogP contribution is -2.29. The Morgan fingerprint density at radius 2 is 2.22 bits per heavy atom. The zero-order chi connectivity index (χ0) is 13.5. The Kier molecular flexibility index (Phi) is 3.18. The van der Waals surface area contributed by atoms with Crippen molar-refractivity contribution in [3.63, 3.8) is 0 Å². The van der Waals surface area contributed by atoms with E-state index in [4.69, 9.17) is 5.73 Å². The highest BCUT2D eigenvalue weighted by molar-refractivity contribution is 7.89. The Balaban J connectivity index is 2.36. The second-order valence-electron chi connectivity index (χ2n) is 4.34. The lowest BCUT2D eigenvalue weighted by Gasteiger charge is -2.14. The third kappa shape index (κ3) is 2.14. The summed E-state index contributed by atoms with van der Waals surface area (Å²) in [6.45, 7) is 0.368. The van der Waals surface area contributed by atoms with E-state index in [2.05, 4.69) is 0 Å². The van der Waals surface area contributed by atoms with Crippen LogP contribution in [0.15, 0.2) is 17.2 Å². The predicted molar refractivity (Wildman–Crippen MR) is 63.3 cm³/mol. The van der Waals surface area contributed by atoms with Crippen LogP contribution in [0.5, 0.6) is 0 Å². The summed E-state index contributed by atoms with van der Waals surface area (Å²) in [6, 6.07) is 1.25. The minimum absolute atomic E-state index is 0.0212. The zero-order valence-corrected chi connectivity index (χ0v) is 10.7. The topological polar surface area (TPSA) is 106 Å². The van der Waals surface area contributed by atoms with E-state index in [-0.39, 0.29) is 23.7 Å². The maximum atomic E-state index is 12.2. The van der Waals surface area contributed by atoms with Crippen LogP contribution in [-0.4, -0.2) is 47.5 Å². The first-order valence-electron chi connectivity index (χ1n) is 5.47. The van der Waals surface area contributed by atoms with Crippen LogP contribution in [0.25, 0.3) is 0 Å². The lowest BCUT2D eigenvalue weighted by molar-refractivity contribution is 0.0992. The van der Waals surface area contributed by atoms with Gasteiger partial charge in [-0.25, -0.2) is 8.42 Å². The molecular formula is C10H15N3O4S. The van der Waals surface area contributed by atoms with Crippen LogP contribution in [0.1, 0.15) is 16.9 Å². The number of rotatable bonds is 3. The summed E-state index contributed by atoms with van der Waals surface area (Å²) in [5.74, 6) is -0.680. The number of aryl methyl sites for hydroxylation is 1. The molecule has 0 bridgehead atoms. The lowest BCUT2D eigenvalue weighted by atomic mass is 10.3. The summed E-state index contributed by atoms with van der Waals surface area (Å²) in [7, 11) is -2.11. The number of primary amides is 1. The second kappa shape index (κ2) is 4.38. The normalized spacial score (nSPS) is 21.3. The third-order valence-electron chi connectivity index (χ3n) is 3.00. The molecule has 0 aliphatic carbocycles. The number of hydrogen-bond acceptors (Lipinski definition) is 4. The highest BCUT2D eigenvalue weighted by atomic mass is 32.2. The number of nitrogens with zero attached hydrogens (tertiary/aromatic N) is 2. The van der Waals surface area contributed by atoms with E-state index in [1.54, 1.807) is 7.05 Å². The molecule has 18 heavy (non-hydrogen) atoms. The van der Waals surface area contributed by atoms with E-state index >= 15 is 0 Å². The van der Waals surface area contributed by atoms with Crippen molar-refractivity contribution in [2.75, 3.05) is 13.1 Å². The number of carbonyl (C=O) groups is 1. The van der Waals surface area contributed by atoms with Crippen molar-refractivity contribution in [1.82, 2.24) is 8.87 Å². The SMILES string of the molecule is Cn1cc(S(=O)(=O)N2CC[C@H](O)C2)cc1C(N)=O. The minimum atomic E-state index is -3.66. The van der Waals surface area contributed by atoms with Crippen LogP contribution in [-0.2, 0) is 17.1 Å². The molecule has 8 heteroatoms. The molecule has 1 aromatic heterocycles. The molecule has 1 aromatic rings. The fraction of sp³-hybridized carbons (Fsp3) is 0.500. The molecule has 7 nitrogen and oxygen atoms in total. The molecule has 1 aliphatic heterocycles. The molecule has 1 saturated heterocycles. The van der Waals surface area contributed by atoms with Gasteiger partial charge in [-0.1, -0.05) is 0 Å². The van der Waals surface area contributed by atoms with Crippen molar-refractivity contribution >= 4 is 15.9 Å². The van der Waals surface area contributed by atoms with Gasteiger partial charge in [0.15, 0.2) is 0 Å². The van der Waals surface area contributed by atoms with Crippen molar-refractivity contribution in [1.29, 1.82) is 0 Å². The number of aliphatic hydroxyl groups excluding tert-OH is 1. The molecule has 1 atom stereocenters. The zero-order valence-electron chi connectivity index (χ0n) is 9.91. The molecule has 1 fully saturated rings. The first-order valence-corrected chi connectivity index (χ1v) is 6.91. The highest BCUT2D eigenvalue weighted by Crippen LogP contribution is 2.22.